The number of hydrogen-bond acceptors (Lipinski definition) is 3. The average molecular weight is 262 g/mol. The summed E-state index contributed by atoms with van der Waals surface area (Å²) >= 11 is 0. The molecule has 0 radical (unpaired) electrons. The van der Waals surface area contributed by atoms with Gasteiger partial charge in [-0.1, -0.05) is 19.3 Å². The summed E-state index contributed by atoms with van der Waals surface area (Å²) < 4.78 is 26.2. The largest absolute Gasteiger partial charge is 0.329 e. The molecule has 0 amide bonds. The van der Waals surface area contributed by atoms with E-state index in [4.69, 9.17) is 5.73 Å². The van der Waals surface area contributed by atoms with Gasteiger partial charge in [-0.05, 0) is 39.5 Å². The fraction of sp³-hybridized carbons (Fsp3) is 1.00. The molecule has 1 rings (SSSR count). The first kappa shape index (κ1) is 14.9. The minimum Gasteiger partial charge on any atom is -0.329 e. The van der Waals surface area contributed by atoms with Gasteiger partial charge in [-0.15, -0.1) is 0 Å². The molecule has 1 fully saturated rings. The van der Waals surface area contributed by atoms with E-state index in [2.05, 4.69) is 4.72 Å². The van der Waals surface area contributed by atoms with Crippen molar-refractivity contribution in [1.29, 1.82) is 0 Å². The molecule has 0 bridgehead atoms. The van der Waals surface area contributed by atoms with Crippen LogP contribution in [0.25, 0.3) is 0 Å². The Labute approximate surface area is 105 Å². The van der Waals surface area contributed by atoms with Crippen LogP contribution in [0.2, 0.25) is 0 Å². The zero-order valence-electron chi connectivity index (χ0n) is 11.2. The molecule has 102 valence electrons. The Kier molecular flexibility index (Phi) is 4.98. The normalized spacial score (nSPS) is 21.4. The Morgan fingerprint density at radius 2 is 1.76 bits per heavy atom. The molecular weight excluding hydrogens is 236 g/mol. The van der Waals surface area contributed by atoms with Crippen molar-refractivity contribution in [1.82, 2.24) is 4.72 Å². The fourth-order valence-corrected chi connectivity index (χ4v) is 3.29. The minimum absolute atomic E-state index is 0.0977. The van der Waals surface area contributed by atoms with E-state index in [9.17, 15) is 8.42 Å². The van der Waals surface area contributed by atoms with Crippen LogP contribution in [0.3, 0.4) is 0 Å². The maximum absolute atomic E-state index is 12.1. The maximum atomic E-state index is 12.1. The van der Waals surface area contributed by atoms with Gasteiger partial charge >= 0.3 is 0 Å². The maximum Gasteiger partial charge on any atom is 0.216 e. The van der Waals surface area contributed by atoms with Gasteiger partial charge in [0.2, 0.25) is 10.0 Å². The van der Waals surface area contributed by atoms with Crippen molar-refractivity contribution in [3.8, 4) is 0 Å². The summed E-state index contributed by atoms with van der Waals surface area (Å²) in [6.07, 6.45) is 5.83. The van der Waals surface area contributed by atoms with E-state index in [1.54, 1.807) is 20.8 Å². The Morgan fingerprint density at radius 3 is 2.18 bits per heavy atom. The van der Waals surface area contributed by atoms with Crippen LogP contribution in [0.1, 0.15) is 52.9 Å². The smallest absolute Gasteiger partial charge is 0.216 e. The van der Waals surface area contributed by atoms with Crippen molar-refractivity contribution in [2.75, 3.05) is 6.54 Å². The van der Waals surface area contributed by atoms with E-state index >= 15 is 0 Å². The first-order chi connectivity index (χ1) is 7.78. The van der Waals surface area contributed by atoms with Gasteiger partial charge in [-0.2, -0.15) is 0 Å². The Morgan fingerprint density at radius 1 is 1.24 bits per heavy atom. The number of nitrogens with one attached hydrogen (secondary N) is 1. The van der Waals surface area contributed by atoms with Gasteiger partial charge in [0, 0.05) is 12.6 Å². The molecule has 1 aliphatic carbocycles. The molecule has 4 nitrogen and oxygen atoms in total. The predicted octanol–water partition coefficient (Wildman–Crippen LogP) is 1.61. The highest BCUT2D eigenvalue weighted by molar-refractivity contribution is 7.90. The number of sulfonamides is 1. The van der Waals surface area contributed by atoms with Gasteiger partial charge in [0.1, 0.15) is 0 Å². The van der Waals surface area contributed by atoms with Gasteiger partial charge in [0.15, 0.2) is 0 Å². The summed E-state index contributed by atoms with van der Waals surface area (Å²) in [5.41, 5.74) is 5.73. The quantitative estimate of drug-likeness (QED) is 0.808. The second kappa shape index (κ2) is 5.67. The lowest BCUT2D eigenvalue weighted by Crippen LogP contribution is -2.50. The highest BCUT2D eigenvalue weighted by Crippen LogP contribution is 2.27. The van der Waals surface area contributed by atoms with E-state index in [0.29, 0.717) is 12.5 Å². The number of nitrogens with two attached hydrogens (primary N) is 1. The zero-order valence-corrected chi connectivity index (χ0v) is 12.0. The molecule has 0 aromatic carbocycles. The van der Waals surface area contributed by atoms with Gasteiger partial charge in [0.25, 0.3) is 0 Å². The Hall–Kier alpha value is -0.130. The Balaban J connectivity index is 2.69. The van der Waals surface area contributed by atoms with Crippen LogP contribution >= 0.6 is 0 Å². The van der Waals surface area contributed by atoms with Crippen molar-refractivity contribution >= 4 is 10.0 Å². The van der Waals surface area contributed by atoms with Crippen LogP contribution in [0, 0.1) is 5.92 Å². The van der Waals surface area contributed by atoms with E-state index in [-0.39, 0.29) is 6.04 Å². The third kappa shape index (κ3) is 3.93. The van der Waals surface area contributed by atoms with Crippen molar-refractivity contribution in [3.63, 3.8) is 0 Å². The van der Waals surface area contributed by atoms with Crippen LogP contribution in [0.15, 0.2) is 0 Å². The molecule has 0 aromatic rings. The van der Waals surface area contributed by atoms with Gasteiger partial charge < -0.3 is 5.73 Å². The molecule has 0 aromatic heterocycles. The van der Waals surface area contributed by atoms with Crippen LogP contribution in [0.5, 0.6) is 0 Å². The van der Waals surface area contributed by atoms with Gasteiger partial charge in [0.05, 0.1) is 4.75 Å². The summed E-state index contributed by atoms with van der Waals surface area (Å²) in [4.78, 5) is 0. The van der Waals surface area contributed by atoms with E-state index in [1.807, 2.05) is 0 Å². The SMILES string of the molecule is CC(C)(C)S(=O)(=O)NC(CN)C1CCCCC1. The second-order valence-electron chi connectivity index (χ2n) is 5.97. The van der Waals surface area contributed by atoms with E-state index < -0.39 is 14.8 Å². The molecule has 0 aliphatic heterocycles. The lowest BCUT2D eigenvalue weighted by atomic mass is 9.84. The topological polar surface area (TPSA) is 72.2 Å². The molecule has 0 spiro atoms. The van der Waals surface area contributed by atoms with Crippen LogP contribution < -0.4 is 10.5 Å². The van der Waals surface area contributed by atoms with Crippen LogP contribution in [-0.4, -0.2) is 25.8 Å². The Bertz CT molecular complexity index is 327. The molecule has 1 aliphatic rings. The predicted molar refractivity (Wildman–Crippen MR) is 71.2 cm³/mol. The van der Waals surface area contributed by atoms with Crippen LogP contribution in [0.4, 0.5) is 0 Å². The zero-order chi connectivity index (χ0) is 13.1. The van der Waals surface area contributed by atoms with E-state index in [1.165, 1.54) is 19.3 Å². The minimum atomic E-state index is -3.29. The highest BCUT2D eigenvalue weighted by atomic mass is 32.2. The van der Waals surface area contributed by atoms with Crippen LogP contribution in [-0.2, 0) is 10.0 Å². The first-order valence-corrected chi connectivity index (χ1v) is 7.98. The van der Waals surface area contributed by atoms with Crippen molar-refractivity contribution < 1.29 is 8.42 Å². The molecule has 1 unspecified atom stereocenters. The molecular formula is C12H26N2O2S. The second-order valence-corrected chi connectivity index (χ2v) is 8.44. The summed E-state index contributed by atoms with van der Waals surface area (Å²) in [6, 6.07) is -0.0977. The summed E-state index contributed by atoms with van der Waals surface area (Å²) in [5.74, 6) is 0.408. The first-order valence-electron chi connectivity index (χ1n) is 6.50. The van der Waals surface area contributed by atoms with E-state index in [0.717, 1.165) is 12.8 Å². The summed E-state index contributed by atoms with van der Waals surface area (Å²) in [7, 11) is -3.29. The lowest BCUT2D eigenvalue weighted by Gasteiger charge is -2.32. The number of rotatable bonds is 4. The molecule has 5 heteroatoms. The highest BCUT2D eigenvalue weighted by Gasteiger charge is 2.33. The molecule has 0 heterocycles. The lowest BCUT2D eigenvalue weighted by molar-refractivity contribution is 0.293. The molecule has 17 heavy (non-hydrogen) atoms. The third-order valence-electron chi connectivity index (χ3n) is 3.59. The summed E-state index contributed by atoms with van der Waals surface area (Å²) in [6.45, 7) is 5.53. The van der Waals surface area contributed by atoms with Crippen molar-refractivity contribution in [3.05, 3.63) is 0 Å². The molecule has 0 saturated heterocycles. The van der Waals surface area contributed by atoms with Gasteiger partial charge in [-0.3, -0.25) is 0 Å². The third-order valence-corrected chi connectivity index (χ3v) is 5.81. The van der Waals surface area contributed by atoms with Crippen molar-refractivity contribution in [2.45, 2.75) is 63.7 Å². The molecule has 1 atom stereocenters. The summed E-state index contributed by atoms with van der Waals surface area (Å²) in [5, 5.41) is 0. The number of hydrogen-bond donors (Lipinski definition) is 2. The van der Waals surface area contributed by atoms with Gasteiger partial charge in [-0.25, -0.2) is 13.1 Å². The monoisotopic (exact) mass is 262 g/mol. The molecule has 1 saturated carbocycles. The average Bonchev–Trinajstić information content (AvgIpc) is 2.25. The van der Waals surface area contributed by atoms with Crippen molar-refractivity contribution in [2.24, 2.45) is 11.7 Å². The standard InChI is InChI=1S/C12H26N2O2S/c1-12(2,3)17(15,16)14-11(9-13)10-7-5-4-6-8-10/h10-11,14H,4-9,13H2,1-3H3. The fourth-order valence-electron chi connectivity index (χ4n) is 2.25. The molecule has 3 N–H and O–H groups in total.